The van der Waals surface area contributed by atoms with Crippen molar-refractivity contribution in [2.45, 2.75) is 26.7 Å². The Labute approximate surface area is 166 Å². The fourth-order valence-electron chi connectivity index (χ4n) is 3.92. The van der Waals surface area contributed by atoms with Gasteiger partial charge >= 0.3 is 6.03 Å². The summed E-state index contributed by atoms with van der Waals surface area (Å²) >= 11 is 0. The highest BCUT2D eigenvalue weighted by Crippen LogP contribution is 2.22. The van der Waals surface area contributed by atoms with Crippen LogP contribution in [0.5, 0.6) is 0 Å². The van der Waals surface area contributed by atoms with E-state index in [1.165, 1.54) is 18.4 Å². The molecule has 1 N–H and O–H groups in total. The van der Waals surface area contributed by atoms with E-state index in [1.807, 2.05) is 24.0 Å². The van der Waals surface area contributed by atoms with Crippen molar-refractivity contribution < 1.29 is 4.79 Å². The molecule has 1 aromatic heterocycles. The van der Waals surface area contributed by atoms with Crippen LogP contribution in [0.1, 0.15) is 24.0 Å². The first-order chi connectivity index (χ1) is 13.6. The molecule has 0 radical (unpaired) electrons. The standard InChI is InChI=1S/C21H28N6O/c1-16-5-6-18(17(2)13-16)24-21(28)27-11-9-26(10-12-27)20-14-19(22-15-23-20)25-7-3-4-8-25/h5-6,13-15H,3-4,7-12H2,1-2H3,(H,24,28). The largest absolute Gasteiger partial charge is 0.356 e. The summed E-state index contributed by atoms with van der Waals surface area (Å²) in [6.45, 7) is 9.13. The summed E-state index contributed by atoms with van der Waals surface area (Å²) in [5.41, 5.74) is 3.16. The molecule has 2 fully saturated rings. The molecule has 2 aliphatic rings. The SMILES string of the molecule is Cc1ccc(NC(=O)N2CCN(c3cc(N4CCCC4)ncn3)CC2)c(C)c1. The van der Waals surface area contributed by atoms with E-state index in [-0.39, 0.29) is 6.03 Å². The second-order valence-corrected chi connectivity index (χ2v) is 7.65. The molecule has 4 rings (SSSR count). The average molecular weight is 380 g/mol. The average Bonchev–Trinajstić information content (AvgIpc) is 3.25. The van der Waals surface area contributed by atoms with Gasteiger partial charge in [0.1, 0.15) is 18.0 Å². The fourth-order valence-corrected chi connectivity index (χ4v) is 3.92. The number of nitrogens with one attached hydrogen (secondary N) is 1. The first-order valence-electron chi connectivity index (χ1n) is 10.1. The third-order valence-corrected chi connectivity index (χ3v) is 5.58. The number of anilines is 3. The van der Waals surface area contributed by atoms with Crippen LogP contribution in [0, 0.1) is 13.8 Å². The molecule has 2 saturated heterocycles. The van der Waals surface area contributed by atoms with Gasteiger partial charge in [-0.15, -0.1) is 0 Å². The van der Waals surface area contributed by atoms with Crippen LogP contribution in [-0.4, -0.2) is 60.2 Å². The Hall–Kier alpha value is -2.83. The molecule has 0 atom stereocenters. The van der Waals surface area contributed by atoms with Crippen LogP contribution in [0.3, 0.4) is 0 Å². The lowest BCUT2D eigenvalue weighted by Gasteiger charge is -2.35. The Kier molecular flexibility index (Phi) is 5.32. The van der Waals surface area contributed by atoms with Crippen LogP contribution in [-0.2, 0) is 0 Å². The zero-order valence-corrected chi connectivity index (χ0v) is 16.7. The van der Waals surface area contributed by atoms with E-state index >= 15 is 0 Å². The van der Waals surface area contributed by atoms with Crippen LogP contribution in [0.4, 0.5) is 22.1 Å². The minimum absolute atomic E-state index is 0.0351. The molecule has 7 nitrogen and oxygen atoms in total. The third-order valence-electron chi connectivity index (χ3n) is 5.58. The van der Waals surface area contributed by atoms with E-state index in [2.05, 4.69) is 44.1 Å². The molecule has 0 unspecified atom stereocenters. The highest BCUT2D eigenvalue weighted by atomic mass is 16.2. The number of nitrogens with zero attached hydrogens (tertiary/aromatic N) is 5. The number of hydrogen-bond donors (Lipinski definition) is 1. The summed E-state index contributed by atoms with van der Waals surface area (Å²) < 4.78 is 0. The Morgan fingerprint density at radius 2 is 1.54 bits per heavy atom. The van der Waals surface area contributed by atoms with E-state index in [1.54, 1.807) is 6.33 Å². The molecular formula is C21H28N6O. The van der Waals surface area contributed by atoms with Crippen molar-refractivity contribution in [3.63, 3.8) is 0 Å². The van der Waals surface area contributed by atoms with Crippen LogP contribution in [0.25, 0.3) is 0 Å². The number of carbonyl (C=O) groups excluding carboxylic acids is 1. The number of benzene rings is 1. The summed E-state index contributed by atoms with van der Waals surface area (Å²) in [6, 6.07) is 8.12. The topological polar surface area (TPSA) is 64.6 Å². The van der Waals surface area contributed by atoms with Gasteiger partial charge in [0.25, 0.3) is 0 Å². The molecule has 7 heteroatoms. The van der Waals surface area contributed by atoms with Crippen molar-refractivity contribution in [2.24, 2.45) is 0 Å². The van der Waals surface area contributed by atoms with Gasteiger partial charge in [0.2, 0.25) is 0 Å². The molecular weight excluding hydrogens is 352 g/mol. The fraction of sp³-hybridized carbons (Fsp3) is 0.476. The Morgan fingerprint density at radius 3 is 2.18 bits per heavy atom. The number of amides is 2. The molecule has 0 saturated carbocycles. The van der Waals surface area contributed by atoms with Gasteiger partial charge in [0.05, 0.1) is 0 Å². The van der Waals surface area contributed by atoms with E-state index in [9.17, 15) is 4.79 Å². The lowest BCUT2D eigenvalue weighted by atomic mass is 10.1. The van der Waals surface area contributed by atoms with Crippen molar-refractivity contribution >= 4 is 23.4 Å². The maximum atomic E-state index is 12.6. The van der Waals surface area contributed by atoms with Gasteiger partial charge in [-0.3, -0.25) is 0 Å². The Bertz CT molecular complexity index is 841. The minimum Gasteiger partial charge on any atom is -0.356 e. The minimum atomic E-state index is -0.0351. The predicted octanol–water partition coefficient (Wildman–Crippen LogP) is 3.05. The van der Waals surface area contributed by atoms with Crippen LogP contribution in [0.15, 0.2) is 30.6 Å². The van der Waals surface area contributed by atoms with Gasteiger partial charge < -0.3 is 20.0 Å². The zero-order chi connectivity index (χ0) is 19.5. The quantitative estimate of drug-likeness (QED) is 0.887. The van der Waals surface area contributed by atoms with Crippen LogP contribution in [0.2, 0.25) is 0 Å². The summed E-state index contributed by atoms with van der Waals surface area (Å²) in [5, 5.41) is 3.04. The third kappa shape index (κ3) is 4.03. The number of carbonyl (C=O) groups is 1. The Balaban J connectivity index is 1.35. The molecule has 2 amide bonds. The first kappa shape index (κ1) is 18.5. The normalized spacial score (nSPS) is 17.1. The van der Waals surface area contributed by atoms with Gasteiger partial charge in [0.15, 0.2) is 0 Å². The molecule has 2 aromatic rings. The molecule has 0 spiro atoms. The lowest BCUT2D eigenvalue weighted by molar-refractivity contribution is 0.208. The van der Waals surface area contributed by atoms with E-state index in [4.69, 9.17) is 0 Å². The van der Waals surface area contributed by atoms with Crippen molar-refractivity contribution in [3.8, 4) is 0 Å². The van der Waals surface area contributed by atoms with E-state index < -0.39 is 0 Å². The van der Waals surface area contributed by atoms with Crippen LogP contribution < -0.4 is 15.1 Å². The monoisotopic (exact) mass is 380 g/mol. The number of hydrogen-bond acceptors (Lipinski definition) is 5. The summed E-state index contributed by atoms with van der Waals surface area (Å²) in [6.07, 6.45) is 4.11. The molecule has 0 aliphatic carbocycles. The molecule has 28 heavy (non-hydrogen) atoms. The number of piperazine rings is 1. The molecule has 0 bridgehead atoms. The number of rotatable bonds is 3. The highest BCUT2D eigenvalue weighted by molar-refractivity contribution is 5.90. The maximum Gasteiger partial charge on any atom is 0.321 e. The lowest BCUT2D eigenvalue weighted by Crippen LogP contribution is -2.50. The summed E-state index contributed by atoms with van der Waals surface area (Å²) in [5.74, 6) is 1.96. The van der Waals surface area contributed by atoms with E-state index in [0.717, 1.165) is 49.1 Å². The predicted molar refractivity (Wildman–Crippen MR) is 112 cm³/mol. The van der Waals surface area contributed by atoms with Gasteiger partial charge in [-0.1, -0.05) is 17.7 Å². The van der Waals surface area contributed by atoms with Gasteiger partial charge in [-0.2, -0.15) is 0 Å². The number of aryl methyl sites for hydroxylation is 2. The maximum absolute atomic E-state index is 12.6. The zero-order valence-electron chi connectivity index (χ0n) is 16.7. The highest BCUT2D eigenvalue weighted by Gasteiger charge is 2.23. The van der Waals surface area contributed by atoms with Crippen molar-refractivity contribution in [2.75, 3.05) is 54.4 Å². The van der Waals surface area contributed by atoms with Gasteiger partial charge in [-0.25, -0.2) is 14.8 Å². The summed E-state index contributed by atoms with van der Waals surface area (Å²) in [7, 11) is 0. The Morgan fingerprint density at radius 1 is 0.893 bits per heavy atom. The van der Waals surface area contributed by atoms with Gasteiger partial charge in [0, 0.05) is 51.0 Å². The number of urea groups is 1. The van der Waals surface area contributed by atoms with Gasteiger partial charge in [-0.05, 0) is 38.3 Å². The second-order valence-electron chi connectivity index (χ2n) is 7.65. The first-order valence-corrected chi connectivity index (χ1v) is 10.1. The molecule has 2 aliphatic heterocycles. The summed E-state index contributed by atoms with van der Waals surface area (Å²) in [4.78, 5) is 28.0. The van der Waals surface area contributed by atoms with Crippen molar-refractivity contribution in [1.82, 2.24) is 14.9 Å². The molecule has 3 heterocycles. The number of aromatic nitrogens is 2. The van der Waals surface area contributed by atoms with Crippen molar-refractivity contribution in [3.05, 3.63) is 41.7 Å². The second kappa shape index (κ2) is 8.04. The smallest absolute Gasteiger partial charge is 0.321 e. The van der Waals surface area contributed by atoms with Crippen LogP contribution >= 0.6 is 0 Å². The van der Waals surface area contributed by atoms with E-state index in [0.29, 0.717) is 13.1 Å². The molecule has 1 aromatic carbocycles. The molecule has 148 valence electrons. The van der Waals surface area contributed by atoms with Crippen molar-refractivity contribution in [1.29, 1.82) is 0 Å².